The third-order valence-corrected chi connectivity index (χ3v) is 8.06. The minimum absolute atomic E-state index is 0.200. The van der Waals surface area contributed by atoms with Crippen molar-refractivity contribution in [3.63, 3.8) is 0 Å². The van der Waals surface area contributed by atoms with Gasteiger partial charge in [-0.1, -0.05) is 43.1 Å². The molecule has 6 rings (SSSR count). The number of pyridine rings is 1. The number of carbonyl (C=O) groups is 1. The number of benzene rings is 1. The maximum absolute atomic E-state index is 11.5. The Kier molecular flexibility index (Phi) is 18.4. The molecule has 0 saturated carbocycles. The van der Waals surface area contributed by atoms with Gasteiger partial charge in [0, 0.05) is 62.3 Å². The van der Waals surface area contributed by atoms with E-state index in [1.807, 2.05) is 60.0 Å². The number of amides is 1. The largest absolute Gasteiger partial charge is 0.444 e. The molecule has 9 nitrogen and oxygen atoms in total. The molecule has 4 N–H and O–H groups in total. The molecule has 0 radical (unpaired) electrons. The average Bonchev–Trinajstić information content (AvgIpc) is 3.39. The second kappa shape index (κ2) is 21.3. The summed E-state index contributed by atoms with van der Waals surface area (Å²) in [7, 11) is 1.50. The third-order valence-electron chi connectivity index (χ3n) is 7.62. The maximum atomic E-state index is 11.5. The molecule has 0 spiro atoms. The fourth-order valence-corrected chi connectivity index (χ4v) is 5.83. The van der Waals surface area contributed by atoms with Gasteiger partial charge in [-0.3, -0.25) is 4.98 Å². The average molecular weight is 691 g/mol. The molecule has 2 aromatic heterocycles. The SMILES string of the molecule is CC.CC(C)(C)OC(=O)N1CCNCC1.CN.Cc1cn(CC2CCCNC2)cn1.Clc1ccc2c(c1)CCc1cc(Cl)cnc1C2. The van der Waals surface area contributed by atoms with E-state index in [0.717, 1.165) is 80.9 Å². The molecule has 1 atom stereocenters. The van der Waals surface area contributed by atoms with Crippen LogP contribution in [0.1, 0.15) is 75.5 Å². The Labute approximate surface area is 293 Å². The highest BCUT2D eigenvalue weighted by atomic mass is 35.5. The molecular formula is C36H57Cl2N7O2. The van der Waals surface area contributed by atoms with Gasteiger partial charge in [0.2, 0.25) is 0 Å². The summed E-state index contributed by atoms with van der Waals surface area (Å²) in [4.78, 5) is 21.9. The number of nitrogens with one attached hydrogen (secondary N) is 2. The Morgan fingerprint density at radius 3 is 2.28 bits per heavy atom. The minimum atomic E-state index is -0.387. The molecule has 1 unspecified atom stereocenters. The molecule has 2 saturated heterocycles. The predicted molar refractivity (Wildman–Crippen MR) is 196 cm³/mol. The van der Waals surface area contributed by atoms with E-state index in [9.17, 15) is 4.79 Å². The van der Waals surface area contributed by atoms with Crippen molar-refractivity contribution in [2.45, 2.75) is 85.8 Å². The van der Waals surface area contributed by atoms with Crippen LogP contribution >= 0.6 is 23.2 Å². The van der Waals surface area contributed by atoms with Gasteiger partial charge in [0.05, 0.1) is 17.0 Å². The quantitative estimate of drug-likeness (QED) is 0.275. The van der Waals surface area contributed by atoms with Crippen molar-refractivity contribution in [1.82, 2.24) is 30.1 Å². The van der Waals surface area contributed by atoms with Crippen LogP contribution < -0.4 is 16.4 Å². The van der Waals surface area contributed by atoms with E-state index >= 15 is 0 Å². The van der Waals surface area contributed by atoms with Crippen LogP contribution in [0.3, 0.4) is 0 Å². The summed E-state index contributed by atoms with van der Waals surface area (Å²) in [6.45, 7) is 18.4. The highest BCUT2D eigenvalue weighted by Gasteiger charge is 2.23. The van der Waals surface area contributed by atoms with Gasteiger partial charge < -0.3 is 30.6 Å². The van der Waals surface area contributed by atoms with Crippen molar-refractivity contribution >= 4 is 29.3 Å². The number of hydrogen-bond acceptors (Lipinski definition) is 7. The number of nitrogens with two attached hydrogens (primary N) is 1. The summed E-state index contributed by atoms with van der Waals surface area (Å²) < 4.78 is 7.44. The first kappa shape index (κ1) is 40.5. The zero-order valence-corrected chi connectivity index (χ0v) is 31.1. The van der Waals surface area contributed by atoms with Gasteiger partial charge in [0.25, 0.3) is 0 Å². The lowest BCUT2D eigenvalue weighted by Gasteiger charge is -2.30. The number of rotatable bonds is 2. The van der Waals surface area contributed by atoms with Gasteiger partial charge in [0.15, 0.2) is 0 Å². The second-order valence-corrected chi connectivity index (χ2v) is 13.4. The van der Waals surface area contributed by atoms with E-state index in [4.69, 9.17) is 27.9 Å². The zero-order chi connectivity index (χ0) is 34.8. The van der Waals surface area contributed by atoms with Crippen LogP contribution in [0.25, 0.3) is 0 Å². The van der Waals surface area contributed by atoms with Crippen LogP contribution in [-0.2, 0) is 30.5 Å². The van der Waals surface area contributed by atoms with Gasteiger partial charge in [-0.2, -0.15) is 0 Å². The lowest BCUT2D eigenvalue weighted by atomic mass is 10.00. The molecule has 4 heterocycles. The molecule has 0 bridgehead atoms. The van der Waals surface area contributed by atoms with Crippen molar-refractivity contribution < 1.29 is 9.53 Å². The third kappa shape index (κ3) is 15.0. The van der Waals surface area contributed by atoms with E-state index in [0.29, 0.717) is 5.02 Å². The first-order valence-corrected chi connectivity index (χ1v) is 17.7. The highest BCUT2D eigenvalue weighted by molar-refractivity contribution is 6.30. The summed E-state index contributed by atoms with van der Waals surface area (Å²) in [5.41, 5.74) is 10.3. The molecule has 47 heavy (non-hydrogen) atoms. The fourth-order valence-electron chi connectivity index (χ4n) is 5.46. The standard InChI is InChI=1S/C14H11Cl2N.C10H17N3.C9H18N2O2.C2H6.CH5N/c15-12-4-3-10-7-14-11(2-1-9(10)5-12)6-13(16)8-17-14;1-9-6-13(8-12-9)7-10-3-2-4-11-5-10;1-9(2,3)13-8(12)11-6-4-10-5-7-11;2*1-2/h3-6,8H,1-2,7H2;6,8,10-11H,2-5,7H2,1H3;10H,4-7H2,1-3H3;1-2H3;2H2,1H3. The number of aromatic nitrogens is 3. The van der Waals surface area contributed by atoms with Crippen LogP contribution in [0.2, 0.25) is 10.0 Å². The summed E-state index contributed by atoms with van der Waals surface area (Å²) in [5.74, 6) is 0.794. The van der Waals surface area contributed by atoms with Crippen LogP contribution in [0.15, 0.2) is 43.0 Å². The number of piperidine rings is 1. The molecule has 11 heteroatoms. The van der Waals surface area contributed by atoms with Crippen LogP contribution in [-0.4, -0.2) is 77.4 Å². The Hall–Kier alpha value is -2.69. The lowest BCUT2D eigenvalue weighted by Crippen LogP contribution is -2.48. The smallest absolute Gasteiger partial charge is 0.410 e. The molecule has 2 fully saturated rings. The molecular weight excluding hydrogens is 633 g/mol. The second-order valence-electron chi connectivity index (χ2n) is 12.5. The molecule has 1 aliphatic carbocycles. The van der Waals surface area contributed by atoms with Crippen LogP contribution in [0.5, 0.6) is 0 Å². The molecule has 1 amide bonds. The number of imidazole rings is 1. The van der Waals surface area contributed by atoms with Crippen LogP contribution in [0.4, 0.5) is 4.79 Å². The van der Waals surface area contributed by atoms with Crippen molar-refractivity contribution in [2.75, 3.05) is 46.3 Å². The normalized spacial score (nSPS) is 16.8. The van der Waals surface area contributed by atoms with E-state index < -0.39 is 0 Å². The lowest BCUT2D eigenvalue weighted by molar-refractivity contribution is 0.0229. The number of ether oxygens (including phenoxy) is 1. The predicted octanol–water partition coefficient (Wildman–Crippen LogP) is 6.70. The molecule has 262 valence electrons. The van der Waals surface area contributed by atoms with Gasteiger partial charge in [-0.05, 0) is 114 Å². The van der Waals surface area contributed by atoms with E-state index in [2.05, 4.69) is 49.2 Å². The van der Waals surface area contributed by atoms with Crippen molar-refractivity contribution in [3.8, 4) is 0 Å². The zero-order valence-electron chi connectivity index (χ0n) is 29.5. The Morgan fingerprint density at radius 1 is 0.979 bits per heavy atom. The number of piperazine rings is 1. The Balaban J connectivity index is 0.000000236. The van der Waals surface area contributed by atoms with Crippen molar-refractivity contribution in [1.29, 1.82) is 0 Å². The fraction of sp³-hybridized carbons (Fsp3) is 0.583. The van der Waals surface area contributed by atoms with Crippen molar-refractivity contribution in [3.05, 3.63) is 81.1 Å². The van der Waals surface area contributed by atoms with E-state index in [1.165, 1.54) is 43.1 Å². The molecule has 1 aromatic carbocycles. The summed E-state index contributed by atoms with van der Waals surface area (Å²) in [6, 6.07) is 8.13. The highest BCUT2D eigenvalue weighted by Crippen LogP contribution is 2.26. The summed E-state index contributed by atoms with van der Waals surface area (Å²) in [6.07, 6.45) is 11.1. The van der Waals surface area contributed by atoms with E-state index in [-0.39, 0.29) is 11.7 Å². The van der Waals surface area contributed by atoms with Gasteiger partial charge in [-0.25, -0.2) is 9.78 Å². The van der Waals surface area contributed by atoms with Gasteiger partial charge in [-0.15, -0.1) is 0 Å². The number of aryl methyl sites for hydroxylation is 3. The Morgan fingerprint density at radius 2 is 1.66 bits per heavy atom. The molecule has 2 aliphatic heterocycles. The first-order valence-electron chi connectivity index (χ1n) is 16.9. The summed E-state index contributed by atoms with van der Waals surface area (Å²) in [5, 5.41) is 8.13. The van der Waals surface area contributed by atoms with Crippen LogP contribution in [0, 0.1) is 12.8 Å². The number of fused-ring (bicyclic) bond motifs is 2. The molecule has 3 aliphatic rings. The van der Waals surface area contributed by atoms with Gasteiger partial charge in [0.1, 0.15) is 5.60 Å². The number of hydrogen-bond donors (Lipinski definition) is 3. The van der Waals surface area contributed by atoms with Crippen molar-refractivity contribution in [2.24, 2.45) is 11.7 Å². The van der Waals surface area contributed by atoms with Gasteiger partial charge >= 0.3 is 6.09 Å². The minimum Gasteiger partial charge on any atom is -0.444 e. The maximum Gasteiger partial charge on any atom is 0.410 e. The summed E-state index contributed by atoms with van der Waals surface area (Å²) >= 11 is 12.0. The topological polar surface area (TPSA) is 110 Å². The number of nitrogens with zero attached hydrogens (tertiary/aromatic N) is 4. The number of halogens is 2. The number of carbonyl (C=O) groups excluding carboxylic acids is 1. The van der Waals surface area contributed by atoms with E-state index in [1.54, 1.807) is 11.1 Å². The monoisotopic (exact) mass is 689 g/mol. The Bertz CT molecular complexity index is 1280. The molecule has 3 aromatic rings. The first-order chi connectivity index (χ1) is 22.6.